The van der Waals surface area contributed by atoms with Crippen LogP contribution in [0, 0.1) is 0 Å². The molecule has 0 aliphatic carbocycles. The summed E-state index contributed by atoms with van der Waals surface area (Å²) in [6.45, 7) is 0. The van der Waals surface area contributed by atoms with Crippen molar-refractivity contribution >= 4 is 29.3 Å². The molecule has 0 saturated heterocycles. The summed E-state index contributed by atoms with van der Waals surface area (Å²) in [6, 6.07) is 4.50. The van der Waals surface area contributed by atoms with Gasteiger partial charge < -0.3 is 20.5 Å². The lowest BCUT2D eigenvalue weighted by atomic mass is 10.2. The summed E-state index contributed by atoms with van der Waals surface area (Å²) in [5.41, 5.74) is -0.779. The number of phenolic OH excluding ortho intramolecular Hbond substituents is 1. The van der Waals surface area contributed by atoms with Gasteiger partial charge in [0.25, 0.3) is 11.5 Å². The Balaban J connectivity index is 2.30. The van der Waals surface area contributed by atoms with Crippen molar-refractivity contribution in [3.05, 3.63) is 51.7 Å². The molecule has 4 N–H and O–H groups in total. The molecule has 1 aromatic carbocycles. The predicted molar refractivity (Wildman–Crippen MR) is 85.1 cm³/mol. The molecule has 0 aliphatic heterocycles. The number of nitrogens with zero attached hydrogens (tertiary/aromatic N) is 1. The highest BCUT2D eigenvalue weighted by Crippen LogP contribution is 2.24. The van der Waals surface area contributed by atoms with Gasteiger partial charge in [-0.1, -0.05) is 0 Å². The number of aromatic amines is 1. The number of carbonyl (C=O) groups excluding carboxylic acids is 1. The minimum absolute atomic E-state index is 0.0802. The zero-order chi connectivity index (χ0) is 17.0. The highest BCUT2D eigenvalue weighted by atomic mass is 32.2. The fraction of sp³-hybridized carbons (Fsp3) is 0.143. The number of carboxylic acids is 1. The molecule has 0 fully saturated rings. The lowest BCUT2D eigenvalue weighted by Gasteiger charge is -2.08. The number of anilines is 1. The first-order valence-corrected chi connectivity index (χ1v) is 7.77. The molecule has 9 heteroatoms. The SMILES string of the molecule is CSCc1nc(C(=O)Nc2cc(C(=O)O)ccc2O)cc(=O)[nH]1. The minimum atomic E-state index is -1.20. The largest absolute Gasteiger partial charge is 0.506 e. The topological polar surface area (TPSA) is 132 Å². The van der Waals surface area contributed by atoms with Crippen molar-refractivity contribution in [1.29, 1.82) is 0 Å². The number of rotatable bonds is 5. The quantitative estimate of drug-likeness (QED) is 0.605. The molecule has 2 aromatic rings. The van der Waals surface area contributed by atoms with Gasteiger partial charge >= 0.3 is 5.97 Å². The first-order valence-electron chi connectivity index (χ1n) is 6.37. The van der Waals surface area contributed by atoms with Gasteiger partial charge in [0, 0.05) is 6.07 Å². The number of hydrogen-bond acceptors (Lipinski definition) is 6. The maximum Gasteiger partial charge on any atom is 0.335 e. The van der Waals surface area contributed by atoms with Crippen LogP contribution in [-0.4, -0.2) is 38.3 Å². The van der Waals surface area contributed by atoms with Crippen molar-refractivity contribution in [2.45, 2.75) is 5.75 Å². The summed E-state index contributed by atoms with van der Waals surface area (Å²) in [5.74, 6) is -1.44. The third-order valence-corrected chi connectivity index (χ3v) is 3.36. The molecular weight excluding hydrogens is 322 g/mol. The Morgan fingerprint density at radius 3 is 2.74 bits per heavy atom. The molecule has 120 valence electrons. The van der Waals surface area contributed by atoms with Gasteiger partial charge in [-0.3, -0.25) is 9.59 Å². The van der Waals surface area contributed by atoms with E-state index in [1.807, 2.05) is 6.26 Å². The molecule has 0 spiro atoms. The van der Waals surface area contributed by atoms with Gasteiger partial charge in [0.1, 0.15) is 17.3 Å². The molecule has 0 bridgehead atoms. The Morgan fingerprint density at radius 2 is 2.09 bits per heavy atom. The van der Waals surface area contributed by atoms with E-state index >= 15 is 0 Å². The normalized spacial score (nSPS) is 10.3. The number of H-pyrrole nitrogens is 1. The second-order valence-electron chi connectivity index (χ2n) is 4.50. The van der Waals surface area contributed by atoms with Crippen molar-refractivity contribution in [1.82, 2.24) is 9.97 Å². The number of carboxylic acid groups (broad SMARTS) is 1. The molecule has 0 unspecified atom stereocenters. The lowest BCUT2D eigenvalue weighted by Crippen LogP contribution is -2.20. The van der Waals surface area contributed by atoms with E-state index in [0.717, 1.165) is 18.2 Å². The Labute approximate surface area is 134 Å². The third-order valence-electron chi connectivity index (χ3n) is 2.80. The van der Waals surface area contributed by atoms with Crippen molar-refractivity contribution < 1.29 is 19.8 Å². The Hall–Kier alpha value is -2.81. The zero-order valence-corrected chi connectivity index (χ0v) is 12.8. The average Bonchev–Trinajstić information content (AvgIpc) is 2.49. The number of nitrogens with one attached hydrogen (secondary N) is 2. The number of benzene rings is 1. The summed E-state index contributed by atoms with van der Waals surface area (Å²) in [5, 5.41) is 21.0. The van der Waals surface area contributed by atoms with Gasteiger partial charge in [-0.15, -0.1) is 0 Å². The van der Waals surface area contributed by atoms with Crippen molar-refractivity contribution in [3.63, 3.8) is 0 Å². The molecule has 1 aromatic heterocycles. The van der Waals surface area contributed by atoms with Crippen molar-refractivity contribution in [2.24, 2.45) is 0 Å². The molecular formula is C14H13N3O5S. The molecule has 8 nitrogen and oxygen atoms in total. The number of thioether (sulfide) groups is 1. The molecule has 23 heavy (non-hydrogen) atoms. The monoisotopic (exact) mass is 335 g/mol. The first-order chi connectivity index (χ1) is 10.9. The maximum absolute atomic E-state index is 12.2. The van der Waals surface area contributed by atoms with E-state index in [1.54, 1.807) is 0 Å². The number of carbonyl (C=O) groups is 2. The van der Waals surface area contributed by atoms with Gasteiger partial charge in [-0.25, -0.2) is 9.78 Å². The fourth-order valence-corrected chi connectivity index (χ4v) is 2.20. The molecule has 2 rings (SSSR count). The van der Waals surface area contributed by atoms with Gasteiger partial charge in [0.15, 0.2) is 0 Å². The molecule has 0 atom stereocenters. The van der Waals surface area contributed by atoms with Crippen LogP contribution in [-0.2, 0) is 5.75 Å². The van der Waals surface area contributed by atoms with E-state index in [1.165, 1.54) is 17.8 Å². The Bertz CT molecular complexity index is 818. The zero-order valence-electron chi connectivity index (χ0n) is 12.0. The number of amides is 1. The highest BCUT2D eigenvalue weighted by molar-refractivity contribution is 7.97. The van der Waals surface area contributed by atoms with Crippen LogP contribution in [0.15, 0.2) is 29.1 Å². The number of aromatic carboxylic acids is 1. The molecule has 1 heterocycles. The van der Waals surface area contributed by atoms with E-state index in [2.05, 4.69) is 15.3 Å². The summed E-state index contributed by atoms with van der Waals surface area (Å²) < 4.78 is 0. The van der Waals surface area contributed by atoms with Gasteiger partial charge in [0.05, 0.1) is 17.0 Å². The first kappa shape index (κ1) is 16.6. The number of aromatic hydroxyl groups is 1. The van der Waals surface area contributed by atoms with E-state index in [0.29, 0.717) is 11.6 Å². The van der Waals surface area contributed by atoms with E-state index < -0.39 is 17.4 Å². The van der Waals surface area contributed by atoms with Crippen LogP contribution >= 0.6 is 11.8 Å². The van der Waals surface area contributed by atoms with E-state index in [-0.39, 0.29) is 22.7 Å². The number of aromatic nitrogens is 2. The summed E-state index contributed by atoms with van der Waals surface area (Å²) in [7, 11) is 0. The summed E-state index contributed by atoms with van der Waals surface area (Å²) >= 11 is 1.43. The van der Waals surface area contributed by atoms with Crippen LogP contribution in [0.3, 0.4) is 0 Å². The number of phenols is 1. The second-order valence-corrected chi connectivity index (χ2v) is 5.37. The predicted octanol–water partition coefficient (Wildman–Crippen LogP) is 1.29. The van der Waals surface area contributed by atoms with Crippen LogP contribution in [0.25, 0.3) is 0 Å². The Morgan fingerprint density at radius 1 is 1.35 bits per heavy atom. The highest BCUT2D eigenvalue weighted by Gasteiger charge is 2.14. The van der Waals surface area contributed by atoms with Crippen LogP contribution < -0.4 is 10.9 Å². The van der Waals surface area contributed by atoms with Gasteiger partial charge in [0.2, 0.25) is 0 Å². The molecule has 0 aliphatic rings. The molecule has 1 amide bonds. The second kappa shape index (κ2) is 6.97. The summed E-state index contributed by atoms with van der Waals surface area (Å²) in [6.07, 6.45) is 1.82. The van der Waals surface area contributed by atoms with Gasteiger partial charge in [-0.05, 0) is 24.5 Å². The van der Waals surface area contributed by atoms with E-state index in [9.17, 15) is 19.5 Å². The Kier molecular flexibility index (Phi) is 5.02. The smallest absolute Gasteiger partial charge is 0.335 e. The fourth-order valence-electron chi connectivity index (χ4n) is 1.79. The lowest BCUT2D eigenvalue weighted by molar-refractivity contribution is 0.0696. The maximum atomic E-state index is 12.2. The summed E-state index contributed by atoms with van der Waals surface area (Å²) in [4.78, 5) is 41.2. The van der Waals surface area contributed by atoms with E-state index in [4.69, 9.17) is 5.11 Å². The number of hydrogen-bond donors (Lipinski definition) is 4. The minimum Gasteiger partial charge on any atom is -0.506 e. The van der Waals surface area contributed by atoms with Crippen LogP contribution in [0.2, 0.25) is 0 Å². The van der Waals surface area contributed by atoms with Crippen molar-refractivity contribution in [3.8, 4) is 5.75 Å². The van der Waals surface area contributed by atoms with Crippen LogP contribution in [0.5, 0.6) is 5.75 Å². The average molecular weight is 335 g/mol. The molecule has 0 radical (unpaired) electrons. The molecule has 0 saturated carbocycles. The van der Waals surface area contributed by atoms with Crippen molar-refractivity contribution in [2.75, 3.05) is 11.6 Å². The van der Waals surface area contributed by atoms with Crippen LogP contribution in [0.1, 0.15) is 26.7 Å². The van der Waals surface area contributed by atoms with Gasteiger partial charge in [-0.2, -0.15) is 11.8 Å². The van der Waals surface area contributed by atoms with Crippen LogP contribution in [0.4, 0.5) is 5.69 Å². The third kappa shape index (κ3) is 4.10. The standard InChI is InChI=1S/C14H13N3O5S/c1-23-6-11-15-9(5-12(19)17-11)13(20)16-8-4-7(14(21)22)2-3-10(8)18/h2-5,18H,6H2,1H3,(H,16,20)(H,21,22)(H,15,17,19).